The van der Waals surface area contributed by atoms with Crippen LogP contribution in [-0.2, 0) is 32.1 Å². The minimum atomic E-state index is -1.14. The highest BCUT2D eigenvalue weighted by molar-refractivity contribution is 7.22. The summed E-state index contributed by atoms with van der Waals surface area (Å²) in [6.07, 6.45) is 4.72. The second-order valence-corrected chi connectivity index (χ2v) is 24.6. The molecule has 1 saturated carbocycles. The first kappa shape index (κ1) is 54.5. The highest BCUT2D eigenvalue weighted by atomic mass is 32.1. The summed E-state index contributed by atoms with van der Waals surface area (Å²) in [5.41, 5.74) is 5.41. The van der Waals surface area contributed by atoms with Crippen molar-refractivity contribution in [2.24, 2.45) is 11.3 Å². The van der Waals surface area contributed by atoms with Crippen LogP contribution in [0.1, 0.15) is 118 Å². The van der Waals surface area contributed by atoms with Gasteiger partial charge < -0.3 is 24.2 Å². The number of nitrogens with zero attached hydrogens (tertiary/aromatic N) is 7. The fourth-order valence-electron chi connectivity index (χ4n) is 12.8. The van der Waals surface area contributed by atoms with E-state index in [9.17, 15) is 33.6 Å². The topological polar surface area (TPSA) is 204 Å². The monoisotopic (exact) mass is 1130 g/mol. The van der Waals surface area contributed by atoms with Gasteiger partial charge in [0.1, 0.15) is 29.0 Å². The van der Waals surface area contributed by atoms with E-state index in [4.69, 9.17) is 14.5 Å². The number of fused-ring (bicyclic) bond motifs is 3. The molecular weight excluding hydrogens is 1070 g/mol. The molecule has 1 spiro atoms. The molecule has 12 rings (SSSR count). The van der Waals surface area contributed by atoms with Crippen LogP contribution >= 0.6 is 11.3 Å². The molecule has 6 amide bonds. The van der Waals surface area contributed by atoms with E-state index in [1.807, 2.05) is 94.4 Å². The van der Waals surface area contributed by atoms with Gasteiger partial charge in [-0.2, -0.15) is 0 Å². The fourth-order valence-corrected chi connectivity index (χ4v) is 13.6. The van der Waals surface area contributed by atoms with E-state index in [2.05, 4.69) is 31.5 Å². The summed E-state index contributed by atoms with van der Waals surface area (Å²) >= 11 is 1.43. The van der Waals surface area contributed by atoms with Gasteiger partial charge in [0.2, 0.25) is 17.7 Å². The number of halogens is 1. The molecule has 3 saturated heterocycles. The lowest BCUT2D eigenvalue weighted by Gasteiger charge is -2.52. The number of nitrogens with one attached hydrogen (secondary N) is 2. The summed E-state index contributed by atoms with van der Waals surface area (Å²) < 4.78 is 29.1. The zero-order valence-corrected chi connectivity index (χ0v) is 47.2. The molecule has 6 aromatic rings. The molecule has 1 atom stereocenters. The number of piperazine rings is 1. The Morgan fingerprint density at radius 1 is 0.805 bits per heavy atom. The van der Waals surface area contributed by atoms with Gasteiger partial charge in [-0.1, -0.05) is 47.7 Å². The smallest absolute Gasteiger partial charge is 0.358 e. The molecule has 4 fully saturated rings. The number of para-hydroxylation sites is 1. The van der Waals surface area contributed by atoms with Crippen molar-refractivity contribution in [2.45, 2.75) is 90.8 Å². The lowest BCUT2D eigenvalue weighted by atomic mass is 9.58. The molecule has 1 aliphatic carbocycles. The first-order chi connectivity index (χ1) is 39.4. The zero-order valence-electron chi connectivity index (χ0n) is 46.3. The number of esters is 1. The Balaban J connectivity index is 0.638. The maximum Gasteiger partial charge on any atom is 0.358 e. The second kappa shape index (κ2) is 21.7. The maximum absolute atomic E-state index is 15.6. The van der Waals surface area contributed by atoms with Crippen LogP contribution in [0.2, 0.25) is 0 Å². The van der Waals surface area contributed by atoms with Crippen LogP contribution in [0.4, 0.5) is 21.0 Å². The Labute approximate surface area is 477 Å². The number of pyridine rings is 1. The molecule has 2 aromatic heterocycles. The van der Waals surface area contributed by atoms with Crippen molar-refractivity contribution in [1.29, 1.82) is 0 Å². The van der Waals surface area contributed by atoms with Crippen molar-refractivity contribution in [3.63, 3.8) is 0 Å². The van der Waals surface area contributed by atoms with Crippen molar-refractivity contribution in [3.8, 4) is 16.9 Å². The summed E-state index contributed by atoms with van der Waals surface area (Å²) in [7, 11) is 0. The van der Waals surface area contributed by atoms with Crippen molar-refractivity contribution >= 4 is 79.6 Å². The Morgan fingerprint density at radius 3 is 2.29 bits per heavy atom. The Hall–Kier alpha value is -8.10. The minimum absolute atomic E-state index is 0.00619. The van der Waals surface area contributed by atoms with Crippen LogP contribution in [-0.4, -0.2) is 137 Å². The first-order valence-corrected chi connectivity index (χ1v) is 29.0. The number of carbonyl (C=O) groups excluding carboxylic acids is 7. The number of carbonyl (C=O) groups is 7. The molecular formula is C62H64FN9O9S. The number of rotatable bonds is 12. The highest BCUT2D eigenvalue weighted by Gasteiger charge is 2.47. The van der Waals surface area contributed by atoms with E-state index in [-0.39, 0.29) is 52.6 Å². The van der Waals surface area contributed by atoms with E-state index in [0.717, 1.165) is 88.0 Å². The number of amides is 6. The van der Waals surface area contributed by atoms with E-state index in [1.165, 1.54) is 17.4 Å². The van der Waals surface area contributed by atoms with Gasteiger partial charge in [-0.05, 0) is 161 Å². The molecule has 82 heavy (non-hydrogen) atoms. The van der Waals surface area contributed by atoms with Crippen LogP contribution in [0.3, 0.4) is 0 Å². The van der Waals surface area contributed by atoms with Crippen molar-refractivity contribution < 1.29 is 47.4 Å². The quantitative estimate of drug-likeness (QED) is 0.0877. The zero-order chi connectivity index (χ0) is 57.2. The standard InChI is InChI=1S/C62H64FN9O9S/c1-36-39(40-15-17-51(65-54(40)59(79)81-61(2,3)4)71-22-19-38-9-7-11-41(44(38)33-71)55(75)67-60-64-46-12-5-6-14-50(46)82-60)10-8-13-49(36)80-35-37-31-62(32-37)20-23-68(24-21-62)34-53(74)70-27-25-69(26-28-70)48-30-43-42(29-45(48)63)57(77)72(58(43)78)47-16-18-52(73)66-56(47)76/h5-15,17,29-30,37,47H,16,18-28,31-35H2,1-4H3,(H,64,67,75)(H,66,73,76). The van der Waals surface area contributed by atoms with Crippen LogP contribution in [0.5, 0.6) is 5.75 Å². The Bertz CT molecular complexity index is 3580. The first-order valence-electron chi connectivity index (χ1n) is 28.2. The van der Waals surface area contributed by atoms with Gasteiger partial charge in [-0.25, -0.2) is 19.2 Å². The Kier molecular flexibility index (Phi) is 14.4. The number of likely N-dealkylation sites (tertiary alicyclic amines) is 1. The third-order valence-electron chi connectivity index (χ3n) is 17.1. The lowest BCUT2D eigenvalue weighted by Crippen LogP contribution is -2.54. The number of piperidine rings is 2. The van der Waals surface area contributed by atoms with Gasteiger partial charge in [0.05, 0.1) is 40.2 Å². The molecule has 0 radical (unpaired) electrons. The lowest BCUT2D eigenvalue weighted by molar-refractivity contribution is -0.136. The molecule has 5 aliphatic heterocycles. The maximum atomic E-state index is 15.6. The molecule has 7 heterocycles. The molecule has 20 heteroatoms. The van der Waals surface area contributed by atoms with Crippen molar-refractivity contribution in [1.82, 2.24) is 30.0 Å². The normalized spacial score (nSPS) is 19.3. The highest BCUT2D eigenvalue weighted by Crippen LogP contribution is 2.53. The van der Waals surface area contributed by atoms with Gasteiger partial charge in [0.25, 0.3) is 17.7 Å². The number of hydrogen-bond acceptors (Lipinski definition) is 15. The summed E-state index contributed by atoms with van der Waals surface area (Å²) in [5, 5.41) is 5.73. The number of imide groups is 2. The number of thiazole rings is 1. The van der Waals surface area contributed by atoms with E-state index in [1.54, 1.807) is 9.80 Å². The van der Waals surface area contributed by atoms with Crippen molar-refractivity contribution in [2.75, 3.05) is 74.1 Å². The summed E-state index contributed by atoms with van der Waals surface area (Å²) in [4.78, 5) is 111. The van der Waals surface area contributed by atoms with E-state index >= 15 is 4.39 Å². The van der Waals surface area contributed by atoms with Gasteiger partial charge >= 0.3 is 5.97 Å². The van der Waals surface area contributed by atoms with Crippen molar-refractivity contribution in [3.05, 3.63) is 130 Å². The van der Waals surface area contributed by atoms with E-state index < -0.39 is 47.1 Å². The number of aromatic nitrogens is 2. The minimum Gasteiger partial charge on any atom is -0.493 e. The molecule has 2 N–H and O–H groups in total. The largest absolute Gasteiger partial charge is 0.493 e. The van der Waals surface area contributed by atoms with Gasteiger partial charge in [-0.15, -0.1) is 0 Å². The van der Waals surface area contributed by atoms with Crippen LogP contribution in [0.25, 0.3) is 21.3 Å². The summed E-state index contributed by atoms with van der Waals surface area (Å²) in [6, 6.07) is 24.6. The number of benzene rings is 4. The molecule has 0 bridgehead atoms. The number of hydrogen-bond donors (Lipinski definition) is 2. The average Bonchev–Trinajstić information content (AvgIpc) is 3.49. The number of anilines is 3. The third kappa shape index (κ3) is 10.7. The van der Waals surface area contributed by atoms with E-state index in [0.29, 0.717) is 86.8 Å². The summed E-state index contributed by atoms with van der Waals surface area (Å²) in [5.74, 6) is -2.38. The third-order valence-corrected chi connectivity index (χ3v) is 18.0. The molecule has 4 aromatic carbocycles. The molecule has 1 unspecified atom stereocenters. The predicted octanol–water partition coefficient (Wildman–Crippen LogP) is 8.20. The second-order valence-electron chi connectivity index (χ2n) is 23.6. The predicted molar refractivity (Wildman–Crippen MR) is 307 cm³/mol. The molecule has 6 aliphatic rings. The Morgan fingerprint density at radius 2 is 1.55 bits per heavy atom. The fraction of sp³-hybridized carbons (Fsp3) is 0.403. The molecule has 424 valence electrons. The van der Waals surface area contributed by atoms with Gasteiger partial charge in [-0.3, -0.25) is 49.2 Å². The molecule has 18 nitrogen and oxygen atoms in total. The van der Waals surface area contributed by atoms with Gasteiger partial charge in [0, 0.05) is 56.8 Å². The number of ether oxygens (including phenoxy) is 2. The average molecular weight is 1130 g/mol. The van der Waals surface area contributed by atoms with Gasteiger partial charge in [0.15, 0.2) is 10.8 Å². The van der Waals surface area contributed by atoms with Crippen LogP contribution < -0.4 is 25.2 Å². The summed E-state index contributed by atoms with van der Waals surface area (Å²) in [6.45, 7) is 12.4. The SMILES string of the molecule is Cc1c(OCC2CC3(CCN(CC(=O)N4CCN(c5cc6c(cc5F)C(=O)N(C5CCC(=O)NC5=O)C6=O)CC4)CC3)C2)cccc1-c1ccc(N2CCc3cccc(C(=O)Nc4nc5ccccc5s4)c3C2)nc1C(=O)OC(C)(C)C. The van der Waals surface area contributed by atoms with Crippen LogP contribution in [0, 0.1) is 24.1 Å². The van der Waals surface area contributed by atoms with Crippen LogP contribution in [0.15, 0.2) is 84.9 Å².